The Balaban J connectivity index is 2.20. The zero-order valence-electron chi connectivity index (χ0n) is 9.81. The molecule has 0 fully saturated rings. The predicted molar refractivity (Wildman–Crippen MR) is 67.8 cm³/mol. The fourth-order valence-corrected chi connectivity index (χ4v) is 3.01. The molecule has 0 spiro atoms. The van der Waals surface area contributed by atoms with E-state index in [2.05, 4.69) is 14.7 Å². The van der Waals surface area contributed by atoms with Crippen LogP contribution >= 0.6 is 22.7 Å². The first-order valence-electron chi connectivity index (χ1n) is 5.05. The van der Waals surface area contributed by atoms with Crippen molar-refractivity contribution >= 4 is 28.6 Å². The van der Waals surface area contributed by atoms with Crippen molar-refractivity contribution in [2.24, 2.45) is 0 Å². The van der Waals surface area contributed by atoms with Crippen molar-refractivity contribution < 1.29 is 9.53 Å². The zero-order valence-corrected chi connectivity index (χ0v) is 11.4. The molecule has 90 valence electrons. The van der Waals surface area contributed by atoms with E-state index in [1.165, 1.54) is 18.4 Å². The van der Waals surface area contributed by atoms with Crippen LogP contribution in [0.2, 0.25) is 0 Å². The molecule has 0 radical (unpaired) electrons. The smallest absolute Gasteiger partial charge is 0.357 e. The molecule has 0 N–H and O–H groups in total. The van der Waals surface area contributed by atoms with Gasteiger partial charge in [-0.1, -0.05) is 0 Å². The van der Waals surface area contributed by atoms with Gasteiger partial charge in [-0.15, -0.1) is 22.7 Å². The average molecular weight is 268 g/mol. The van der Waals surface area contributed by atoms with Gasteiger partial charge in [-0.2, -0.15) is 0 Å². The summed E-state index contributed by atoms with van der Waals surface area (Å²) in [5.41, 5.74) is 1.41. The third-order valence-corrected chi connectivity index (χ3v) is 4.01. The van der Waals surface area contributed by atoms with E-state index >= 15 is 0 Å². The number of esters is 1. The van der Waals surface area contributed by atoms with Crippen LogP contribution in [0.15, 0.2) is 5.38 Å². The van der Waals surface area contributed by atoms with Crippen molar-refractivity contribution in [3.63, 3.8) is 0 Å². The largest absolute Gasteiger partial charge is 0.464 e. The van der Waals surface area contributed by atoms with Crippen LogP contribution in [0, 0.1) is 13.8 Å². The lowest BCUT2D eigenvalue weighted by Crippen LogP contribution is -2.03. The van der Waals surface area contributed by atoms with Crippen LogP contribution in [-0.4, -0.2) is 23.0 Å². The van der Waals surface area contributed by atoms with Crippen molar-refractivity contribution in [2.75, 3.05) is 7.11 Å². The predicted octanol–water partition coefficient (Wildman–Crippen LogP) is 2.59. The summed E-state index contributed by atoms with van der Waals surface area (Å²) in [5, 5.41) is 3.96. The summed E-state index contributed by atoms with van der Waals surface area (Å²) in [6, 6.07) is 0. The molecule has 0 saturated heterocycles. The molecule has 0 unspecified atom stereocenters. The Morgan fingerprint density at radius 2 is 2.18 bits per heavy atom. The van der Waals surface area contributed by atoms with Gasteiger partial charge in [0.2, 0.25) is 0 Å². The normalized spacial score (nSPS) is 10.5. The van der Waals surface area contributed by atoms with Gasteiger partial charge in [-0.3, -0.25) is 0 Å². The highest BCUT2D eigenvalue weighted by Crippen LogP contribution is 2.21. The topological polar surface area (TPSA) is 52.1 Å². The van der Waals surface area contributed by atoms with E-state index in [0.717, 1.165) is 20.6 Å². The summed E-state index contributed by atoms with van der Waals surface area (Å²) in [5.74, 6) is -0.376. The van der Waals surface area contributed by atoms with E-state index in [1.807, 2.05) is 19.2 Å². The van der Waals surface area contributed by atoms with Crippen LogP contribution in [0.4, 0.5) is 0 Å². The fourth-order valence-electron chi connectivity index (χ4n) is 1.46. The van der Waals surface area contributed by atoms with Crippen LogP contribution in [-0.2, 0) is 11.2 Å². The second kappa shape index (κ2) is 4.93. The molecule has 2 aromatic heterocycles. The van der Waals surface area contributed by atoms with Gasteiger partial charge in [-0.05, 0) is 13.8 Å². The quantitative estimate of drug-likeness (QED) is 0.803. The maximum absolute atomic E-state index is 11.4. The standard InChI is InChI=1S/C11H12N2O2S2/c1-6-10(11(14)15-3)13-9(17-6)4-8-5-16-7(2)12-8/h5H,4H2,1-3H3. The van der Waals surface area contributed by atoms with Crippen LogP contribution in [0.1, 0.15) is 31.1 Å². The molecule has 0 aliphatic carbocycles. The minimum absolute atomic E-state index is 0.376. The van der Waals surface area contributed by atoms with Gasteiger partial charge in [-0.25, -0.2) is 14.8 Å². The molecule has 2 heterocycles. The lowest BCUT2D eigenvalue weighted by Gasteiger charge is -1.93. The SMILES string of the molecule is COC(=O)c1nc(Cc2csc(C)n2)sc1C. The molecular weight excluding hydrogens is 256 g/mol. The molecule has 0 saturated carbocycles. The average Bonchev–Trinajstić information content (AvgIpc) is 2.85. The second-order valence-corrected chi connectivity index (χ2v) is 5.89. The van der Waals surface area contributed by atoms with Gasteiger partial charge in [0.05, 0.1) is 22.8 Å². The van der Waals surface area contributed by atoms with E-state index in [9.17, 15) is 4.79 Å². The summed E-state index contributed by atoms with van der Waals surface area (Å²) in [6.07, 6.45) is 0.673. The highest BCUT2D eigenvalue weighted by Gasteiger charge is 2.16. The number of ether oxygens (including phenoxy) is 1. The molecule has 0 aromatic carbocycles. The number of nitrogens with zero attached hydrogens (tertiary/aromatic N) is 2. The number of methoxy groups -OCH3 is 1. The second-order valence-electron chi connectivity index (χ2n) is 3.54. The van der Waals surface area contributed by atoms with Crippen LogP contribution < -0.4 is 0 Å². The zero-order chi connectivity index (χ0) is 12.4. The Morgan fingerprint density at radius 1 is 1.41 bits per heavy atom. The number of hydrogen-bond acceptors (Lipinski definition) is 6. The number of aryl methyl sites for hydroxylation is 2. The highest BCUT2D eigenvalue weighted by atomic mass is 32.1. The number of aromatic nitrogens is 2. The monoisotopic (exact) mass is 268 g/mol. The van der Waals surface area contributed by atoms with Crippen molar-refractivity contribution in [3.05, 3.63) is 31.7 Å². The highest BCUT2D eigenvalue weighted by molar-refractivity contribution is 7.12. The van der Waals surface area contributed by atoms with Crippen molar-refractivity contribution in [2.45, 2.75) is 20.3 Å². The Kier molecular flexibility index (Phi) is 3.54. The Morgan fingerprint density at radius 3 is 2.76 bits per heavy atom. The maximum atomic E-state index is 11.4. The summed E-state index contributed by atoms with van der Waals surface area (Å²) < 4.78 is 4.68. The first-order chi connectivity index (χ1) is 8.10. The maximum Gasteiger partial charge on any atom is 0.357 e. The third kappa shape index (κ3) is 2.70. The lowest BCUT2D eigenvalue weighted by atomic mass is 10.3. The summed E-state index contributed by atoms with van der Waals surface area (Å²) in [7, 11) is 1.37. The van der Waals surface area contributed by atoms with Gasteiger partial charge in [0.15, 0.2) is 5.69 Å². The molecule has 2 rings (SSSR count). The van der Waals surface area contributed by atoms with E-state index < -0.39 is 0 Å². The molecule has 0 atom stereocenters. The minimum atomic E-state index is -0.376. The van der Waals surface area contributed by atoms with Crippen LogP contribution in [0.3, 0.4) is 0 Å². The van der Waals surface area contributed by atoms with Gasteiger partial charge < -0.3 is 4.74 Å². The molecule has 0 aliphatic rings. The molecule has 0 bridgehead atoms. The van der Waals surface area contributed by atoms with E-state index in [0.29, 0.717) is 12.1 Å². The van der Waals surface area contributed by atoms with Gasteiger partial charge in [0, 0.05) is 16.7 Å². The van der Waals surface area contributed by atoms with E-state index in [4.69, 9.17) is 0 Å². The number of carbonyl (C=O) groups excluding carboxylic acids is 1. The van der Waals surface area contributed by atoms with E-state index in [-0.39, 0.29) is 5.97 Å². The molecule has 0 aliphatic heterocycles. The summed E-state index contributed by atoms with van der Waals surface area (Å²) >= 11 is 3.13. The van der Waals surface area contributed by atoms with E-state index in [1.54, 1.807) is 11.3 Å². The number of rotatable bonds is 3. The van der Waals surface area contributed by atoms with Crippen molar-refractivity contribution in [1.82, 2.24) is 9.97 Å². The fraction of sp³-hybridized carbons (Fsp3) is 0.364. The molecule has 4 nitrogen and oxygen atoms in total. The Bertz CT molecular complexity index is 545. The van der Waals surface area contributed by atoms with Crippen LogP contribution in [0.25, 0.3) is 0 Å². The summed E-state index contributed by atoms with van der Waals surface area (Å²) in [4.78, 5) is 21.0. The number of hydrogen-bond donors (Lipinski definition) is 0. The first-order valence-corrected chi connectivity index (χ1v) is 6.75. The molecule has 2 aromatic rings. The molecule has 0 amide bonds. The lowest BCUT2D eigenvalue weighted by molar-refractivity contribution is 0.0594. The van der Waals surface area contributed by atoms with Crippen LogP contribution in [0.5, 0.6) is 0 Å². The molecule has 6 heteroatoms. The molecule has 17 heavy (non-hydrogen) atoms. The Hall–Kier alpha value is -1.27. The van der Waals surface area contributed by atoms with Crippen molar-refractivity contribution in [3.8, 4) is 0 Å². The number of carbonyl (C=O) groups is 1. The van der Waals surface area contributed by atoms with Gasteiger partial charge >= 0.3 is 5.97 Å². The van der Waals surface area contributed by atoms with Gasteiger partial charge in [0.25, 0.3) is 0 Å². The third-order valence-electron chi connectivity index (χ3n) is 2.22. The minimum Gasteiger partial charge on any atom is -0.464 e. The Labute approximate surface area is 107 Å². The van der Waals surface area contributed by atoms with Gasteiger partial charge in [0.1, 0.15) is 0 Å². The molecular formula is C11H12N2O2S2. The number of thiazole rings is 2. The van der Waals surface area contributed by atoms with Crippen molar-refractivity contribution in [1.29, 1.82) is 0 Å². The first kappa shape index (κ1) is 12.2. The summed E-state index contributed by atoms with van der Waals surface area (Å²) in [6.45, 7) is 3.85.